The SMILES string of the molecule is C=CCN(Cc1ccccc1)C(=O)[C@@H]1[C@H]2C(=O)N(CCCCCO)C(C(=O)N(CC=C)C(C)C)C23S[C@@H]1CC3C. The van der Waals surface area contributed by atoms with Gasteiger partial charge in [-0.25, -0.2) is 0 Å². The molecule has 3 unspecified atom stereocenters. The first kappa shape index (κ1) is 30.4. The highest BCUT2D eigenvalue weighted by Crippen LogP contribution is 2.69. The largest absolute Gasteiger partial charge is 0.396 e. The summed E-state index contributed by atoms with van der Waals surface area (Å²) in [5.74, 6) is -1.02. The molecule has 0 saturated carbocycles. The van der Waals surface area contributed by atoms with Crippen LogP contribution >= 0.6 is 11.8 Å². The zero-order chi connectivity index (χ0) is 29.0. The Morgan fingerprint density at radius 2 is 1.82 bits per heavy atom. The van der Waals surface area contributed by atoms with Crippen molar-refractivity contribution in [1.82, 2.24) is 14.7 Å². The number of unbranched alkanes of at least 4 members (excludes halogenated alkanes) is 2. The number of amides is 3. The standard InChI is InChI=1S/C32H45N3O4S/c1-6-16-33(21-24-14-10-8-11-15-24)29(37)26-25-20-23(5)32(40-25)27(26)30(38)35(18-12-9-13-19-36)28(32)31(39)34(17-7-2)22(3)4/h6-8,10-11,14-15,22-23,25-28,36H,1-2,9,12-13,16-21H2,3-5H3/t23?,25-,26+,27+,28?,32?/m1/s1. The number of hydrogen-bond acceptors (Lipinski definition) is 5. The van der Waals surface area contributed by atoms with Gasteiger partial charge in [0.25, 0.3) is 0 Å². The molecule has 8 heteroatoms. The van der Waals surface area contributed by atoms with Gasteiger partial charge >= 0.3 is 0 Å². The lowest BCUT2D eigenvalue weighted by molar-refractivity contribution is -0.145. The molecule has 0 radical (unpaired) electrons. The van der Waals surface area contributed by atoms with Crippen LogP contribution in [-0.4, -0.2) is 85.8 Å². The lowest BCUT2D eigenvalue weighted by atomic mass is 9.65. The first-order valence-electron chi connectivity index (χ1n) is 14.7. The zero-order valence-electron chi connectivity index (χ0n) is 24.2. The lowest BCUT2D eigenvalue weighted by Crippen LogP contribution is -2.58. The fraction of sp³-hybridized carbons (Fsp3) is 0.594. The Morgan fingerprint density at radius 3 is 2.45 bits per heavy atom. The van der Waals surface area contributed by atoms with E-state index in [0.29, 0.717) is 39.0 Å². The Hall–Kier alpha value is -2.58. The van der Waals surface area contributed by atoms with Crippen molar-refractivity contribution in [3.8, 4) is 0 Å². The number of thioether (sulfide) groups is 1. The van der Waals surface area contributed by atoms with Crippen molar-refractivity contribution in [2.24, 2.45) is 17.8 Å². The Labute approximate surface area is 243 Å². The van der Waals surface area contributed by atoms with E-state index in [9.17, 15) is 19.5 Å². The van der Waals surface area contributed by atoms with Crippen LogP contribution in [0.5, 0.6) is 0 Å². The summed E-state index contributed by atoms with van der Waals surface area (Å²) in [6, 6.07) is 9.23. The predicted octanol–water partition coefficient (Wildman–Crippen LogP) is 4.12. The van der Waals surface area contributed by atoms with E-state index in [1.807, 2.05) is 54.0 Å². The van der Waals surface area contributed by atoms with Crippen LogP contribution in [0.4, 0.5) is 0 Å². The van der Waals surface area contributed by atoms with Gasteiger partial charge in [0.05, 0.1) is 16.6 Å². The van der Waals surface area contributed by atoms with Crippen molar-refractivity contribution in [1.29, 1.82) is 0 Å². The molecule has 2 bridgehead atoms. The summed E-state index contributed by atoms with van der Waals surface area (Å²) in [7, 11) is 0. The molecule has 3 saturated heterocycles. The molecular formula is C32H45N3O4S. The lowest BCUT2D eigenvalue weighted by Gasteiger charge is -2.41. The van der Waals surface area contributed by atoms with Gasteiger partial charge in [0, 0.05) is 44.1 Å². The average molecular weight is 568 g/mol. The van der Waals surface area contributed by atoms with Crippen LogP contribution in [0.15, 0.2) is 55.6 Å². The van der Waals surface area contributed by atoms with E-state index in [-0.39, 0.29) is 41.5 Å². The number of nitrogens with zero attached hydrogens (tertiary/aromatic N) is 3. The van der Waals surface area contributed by atoms with E-state index in [1.165, 1.54) is 0 Å². The molecule has 3 fully saturated rings. The molecule has 218 valence electrons. The van der Waals surface area contributed by atoms with Gasteiger partial charge in [0.15, 0.2) is 0 Å². The highest BCUT2D eigenvalue weighted by molar-refractivity contribution is 8.02. The summed E-state index contributed by atoms with van der Waals surface area (Å²) in [4.78, 5) is 48.5. The number of carbonyl (C=O) groups excluding carboxylic acids is 3. The number of likely N-dealkylation sites (tertiary alicyclic amines) is 1. The zero-order valence-corrected chi connectivity index (χ0v) is 25.0. The van der Waals surface area contributed by atoms with Crippen LogP contribution < -0.4 is 0 Å². The fourth-order valence-electron chi connectivity index (χ4n) is 7.15. The normalized spacial score (nSPS) is 28.6. The predicted molar refractivity (Wildman–Crippen MR) is 160 cm³/mol. The third-order valence-corrected chi connectivity index (χ3v) is 11.0. The molecular weight excluding hydrogens is 522 g/mol. The maximum atomic E-state index is 14.4. The average Bonchev–Trinajstić information content (AvgIpc) is 3.52. The summed E-state index contributed by atoms with van der Waals surface area (Å²) in [5.41, 5.74) is 1.03. The van der Waals surface area contributed by atoms with E-state index in [2.05, 4.69) is 20.1 Å². The molecule has 7 nitrogen and oxygen atoms in total. The highest BCUT2D eigenvalue weighted by atomic mass is 32.2. The third kappa shape index (κ3) is 5.37. The smallest absolute Gasteiger partial charge is 0.247 e. The van der Waals surface area contributed by atoms with Gasteiger partial charge in [-0.2, -0.15) is 0 Å². The van der Waals surface area contributed by atoms with Crippen LogP contribution in [0.2, 0.25) is 0 Å². The molecule has 3 aliphatic rings. The van der Waals surface area contributed by atoms with Gasteiger partial charge in [-0.1, -0.05) is 49.4 Å². The number of fused-ring (bicyclic) bond motifs is 1. The molecule has 1 aromatic carbocycles. The minimum absolute atomic E-state index is 0.00159. The fourth-order valence-corrected chi connectivity index (χ4v) is 9.56. The number of aliphatic hydroxyl groups is 1. The molecule has 6 atom stereocenters. The minimum Gasteiger partial charge on any atom is -0.396 e. The molecule has 0 aromatic heterocycles. The molecule has 3 aliphatic heterocycles. The van der Waals surface area contributed by atoms with Crippen LogP contribution in [-0.2, 0) is 20.9 Å². The monoisotopic (exact) mass is 567 g/mol. The summed E-state index contributed by atoms with van der Waals surface area (Å²) >= 11 is 1.72. The van der Waals surface area contributed by atoms with Crippen molar-refractivity contribution in [2.45, 2.75) is 75.1 Å². The molecule has 40 heavy (non-hydrogen) atoms. The van der Waals surface area contributed by atoms with Gasteiger partial charge in [-0.15, -0.1) is 24.9 Å². The molecule has 0 aliphatic carbocycles. The Balaban J connectivity index is 1.72. The number of benzene rings is 1. The summed E-state index contributed by atoms with van der Waals surface area (Å²) < 4.78 is -0.642. The second-order valence-electron chi connectivity index (χ2n) is 11.7. The van der Waals surface area contributed by atoms with Crippen LogP contribution in [0.3, 0.4) is 0 Å². The van der Waals surface area contributed by atoms with E-state index in [0.717, 1.165) is 18.4 Å². The number of hydrogen-bond donors (Lipinski definition) is 1. The molecule has 1 aromatic rings. The van der Waals surface area contributed by atoms with Gasteiger partial charge in [0.1, 0.15) is 6.04 Å². The Morgan fingerprint density at radius 1 is 1.12 bits per heavy atom. The van der Waals surface area contributed by atoms with Crippen LogP contribution in [0.1, 0.15) is 52.0 Å². The molecule has 3 amide bonds. The third-order valence-electron chi connectivity index (χ3n) is 8.93. The van der Waals surface area contributed by atoms with E-state index >= 15 is 0 Å². The molecule has 3 heterocycles. The van der Waals surface area contributed by atoms with Gasteiger partial charge in [0.2, 0.25) is 17.7 Å². The molecule has 4 rings (SSSR count). The van der Waals surface area contributed by atoms with Crippen molar-refractivity contribution in [2.75, 3.05) is 26.2 Å². The quantitative estimate of drug-likeness (QED) is 0.270. The maximum absolute atomic E-state index is 14.4. The van der Waals surface area contributed by atoms with Crippen LogP contribution in [0, 0.1) is 17.8 Å². The summed E-state index contributed by atoms with van der Waals surface area (Å²) in [5, 5.41) is 9.29. The van der Waals surface area contributed by atoms with E-state index < -0.39 is 22.6 Å². The second-order valence-corrected chi connectivity index (χ2v) is 13.3. The van der Waals surface area contributed by atoms with Crippen molar-refractivity contribution >= 4 is 29.5 Å². The summed E-state index contributed by atoms with van der Waals surface area (Å²) in [6.07, 6.45) is 6.43. The topological polar surface area (TPSA) is 81.2 Å². The Bertz CT molecular complexity index is 1090. The number of aliphatic hydroxyl groups excluding tert-OH is 1. The highest BCUT2D eigenvalue weighted by Gasteiger charge is 2.76. The maximum Gasteiger partial charge on any atom is 0.247 e. The van der Waals surface area contributed by atoms with Crippen molar-refractivity contribution in [3.05, 3.63) is 61.2 Å². The summed E-state index contributed by atoms with van der Waals surface area (Å²) in [6.45, 7) is 15.7. The Kier molecular flexibility index (Phi) is 9.83. The van der Waals surface area contributed by atoms with Crippen LogP contribution in [0.25, 0.3) is 0 Å². The minimum atomic E-state index is -0.642. The van der Waals surface area contributed by atoms with Gasteiger partial charge in [-0.3, -0.25) is 14.4 Å². The van der Waals surface area contributed by atoms with E-state index in [4.69, 9.17) is 0 Å². The first-order chi connectivity index (χ1) is 19.2. The number of carbonyl (C=O) groups is 3. The van der Waals surface area contributed by atoms with E-state index in [1.54, 1.807) is 28.8 Å². The van der Waals surface area contributed by atoms with Gasteiger partial charge in [-0.05, 0) is 51.0 Å². The first-order valence-corrected chi connectivity index (χ1v) is 15.5. The number of rotatable bonds is 14. The van der Waals surface area contributed by atoms with Crippen molar-refractivity contribution < 1.29 is 19.5 Å². The second kappa shape index (κ2) is 12.9. The van der Waals surface area contributed by atoms with Crippen molar-refractivity contribution in [3.63, 3.8) is 0 Å². The van der Waals surface area contributed by atoms with Gasteiger partial charge < -0.3 is 19.8 Å². The molecule has 1 spiro atoms. The molecule has 1 N–H and O–H groups in total.